The highest BCUT2D eigenvalue weighted by atomic mass is 16.5. The van der Waals surface area contributed by atoms with E-state index in [1.807, 2.05) is 0 Å². The highest BCUT2D eigenvalue weighted by Crippen LogP contribution is 2.20. The van der Waals surface area contributed by atoms with Gasteiger partial charge in [0, 0.05) is 18.8 Å². The minimum Gasteiger partial charge on any atom is -0.381 e. The van der Waals surface area contributed by atoms with Crippen molar-refractivity contribution in [3.63, 3.8) is 0 Å². The van der Waals surface area contributed by atoms with E-state index in [2.05, 4.69) is 32.2 Å². The van der Waals surface area contributed by atoms with Gasteiger partial charge in [-0.15, -0.1) is 0 Å². The summed E-state index contributed by atoms with van der Waals surface area (Å²) in [6.45, 7) is 8.01. The highest BCUT2D eigenvalue weighted by Gasteiger charge is 2.22. The lowest BCUT2D eigenvalue weighted by Crippen LogP contribution is -2.44. The Morgan fingerprint density at radius 3 is 2.47 bits per heavy atom. The molecular weight excluding hydrogens is 188 g/mol. The largest absolute Gasteiger partial charge is 0.381 e. The summed E-state index contributed by atoms with van der Waals surface area (Å²) in [5.41, 5.74) is 0.0194. The zero-order valence-electron chi connectivity index (χ0n) is 10.0. The summed E-state index contributed by atoms with van der Waals surface area (Å²) < 4.78 is 5.31. The van der Waals surface area contributed by atoms with Crippen LogP contribution in [0.5, 0.6) is 0 Å². The molecule has 0 radical (unpaired) electrons. The molecule has 1 saturated heterocycles. The molecule has 1 atom stereocenters. The summed E-state index contributed by atoms with van der Waals surface area (Å²) in [7, 11) is 0. The van der Waals surface area contributed by atoms with E-state index in [9.17, 15) is 0 Å². The van der Waals surface area contributed by atoms with Gasteiger partial charge in [-0.25, -0.2) is 0 Å². The number of nitriles is 1. The molecule has 0 bridgehead atoms. The molecule has 0 aromatic heterocycles. The summed E-state index contributed by atoms with van der Waals surface area (Å²) in [5, 5.41) is 12.4. The summed E-state index contributed by atoms with van der Waals surface area (Å²) in [6, 6.07) is 2.33. The molecule has 0 spiro atoms. The predicted octanol–water partition coefficient (Wildman–Crippen LogP) is 2.08. The lowest BCUT2D eigenvalue weighted by Gasteiger charge is -2.28. The molecular formula is C12H22N2O. The van der Waals surface area contributed by atoms with Crippen LogP contribution in [-0.4, -0.2) is 24.8 Å². The van der Waals surface area contributed by atoms with Gasteiger partial charge in [0.25, 0.3) is 0 Å². The fourth-order valence-electron chi connectivity index (χ4n) is 1.98. The number of nitrogens with one attached hydrogen (secondary N) is 1. The number of hydrogen-bond donors (Lipinski definition) is 1. The van der Waals surface area contributed by atoms with E-state index >= 15 is 0 Å². The van der Waals surface area contributed by atoms with Crippen molar-refractivity contribution in [3.05, 3.63) is 0 Å². The van der Waals surface area contributed by atoms with Crippen LogP contribution in [0.25, 0.3) is 0 Å². The van der Waals surface area contributed by atoms with E-state index in [0.717, 1.165) is 32.5 Å². The highest BCUT2D eigenvalue weighted by molar-refractivity contribution is 4.95. The Balaban J connectivity index is 2.36. The fourth-order valence-corrected chi connectivity index (χ4v) is 1.98. The molecule has 0 aromatic carbocycles. The first-order valence-corrected chi connectivity index (χ1v) is 5.76. The van der Waals surface area contributed by atoms with E-state index in [0.29, 0.717) is 5.92 Å². The molecule has 3 nitrogen and oxygen atoms in total. The monoisotopic (exact) mass is 210 g/mol. The molecule has 0 amide bonds. The molecule has 0 aromatic rings. The van der Waals surface area contributed by atoms with Crippen LogP contribution in [0.4, 0.5) is 0 Å². The smallest absolute Gasteiger partial charge is 0.0959 e. The zero-order valence-corrected chi connectivity index (χ0v) is 10.0. The van der Waals surface area contributed by atoms with Crippen LogP contribution in [0.15, 0.2) is 0 Å². The van der Waals surface area contributed by atoms with Crippen LogP contribution < -0.4 is 5.32 Å². The Morgan fingerprint density at radius 2 is 2.00 bits per heavy atom. The predicted molar refractivity (Wildman–Crippen MR) is 60.4 cm³/mol. The summed E-state index contributed by atoms with van der Waals surface area (Å²) in [4.78, 5) is 0. The van der Waals surface area contributed by atoms with Crippen LogP contribution in [0.1, 0.15) is 40.0 Å². The first-order valence-electron chi connectivity index (χ1n) is 5.76. The van der Waals surface area contributed by atoms with Crippen LogP contribution in [0.2, 0.25) is 0 Å². The molecule has 1 rings (SSSR count). The SMILES string of the molecule is CC(C)(C)NC(C#N)CC1CCOCC1. The van der Waals surface area contributed by atoms with Gasteiger partial charge in [0.05, 0.1) is 12.1 Å². The van der Waals surface area contributed by atoms with E-state index in [1.165, 1.54) is 0 Å². The standard InChI is InChI=1S/C12H22N2O/c1-12(2,3)14-11(9-13)8-10-4-6-15-7-5-10/h10-11,14H,4-8H2,1-3H3. The topological polar surface area (TPSA) is 45.0 Å². The third-order valence-corrected chi connectivity index (χ3v) is 2.67. The minimum absolute atomic E-state index is 0.0194. The summed E-state index contributed by atoms with van der Waals surface area (Å²) in [6.07, 6.45) is 3.16. The second-order valence-electron chi connectivity index (χ2n) is 5.37. The van der Waals surface area contributed by atoms with Gasteiger partial charge in [-0.2, -0.15) is 5.26 Å². The lowest BCUT2D eigenvalue weighted by molar-refractivity contribution is 0.0615. The van der Waals surface area contributed by atoms with Crippen molar-refractivity contribution in [3.8, 4) is 6.07 Å². The van der Waals surface area contributed by atoms with Crippen molar-refractivity contribution >= 4 is 0 Å². The van der Waals surface area contributed by atoms with E-state index in [-0.39, 0.29) is 11.6 Å². The lowest BCUT2D eigenvalue weighted by atomic mass is 9.92. The quantitative estimate of drug-likeness (QED) is 0.775. The summed E-state index contributed by atoms with van der Waals surface area (Å²) >= 11 is 0. The molecule has 3 heteroatoms. The van der Waals surface area contributed by atoms with Crippen molar-refractivity contribution in [2.45, 2.75) is 51.6 Å². The Kier molecular flexibility index (Phi) is 4.56. The third-order valence-electron chi connectivity index (χ3n) is 2.67. The molecule has 1 fully saturated rings. The van der Waals surface area contributed by atoms with Gasteiger partial charge in [-0.3, -0.25) is 5.32 Å². The molecule has 15 heavy (non-hydrogen) atoms. The molecule has 0 saturated carbocycles. The Hall–Kier alpha value is -0.590. The summed E-state index contributed by atoms with van der Waals surface area (Å²) in [5.74, 6) is 0.651. The van der Waals surface area contributed by atoms with Crippen LogP contribution in [-0.2, 0) is 4.74 Å². The molecule has 1 heterocycles. The second kappa shape index (κ2) is 5.48. The van der Waals surface area contributed by atoms with E-state index in [1.54, 1.807) is 0 Å². The van der Waals surface area contributed by atoms with Gasteiger partial charge in [-0.05, 0) is 46.0 Å². The van der Waals surface area contributed by atoms with Gasteiger partial charge in [-0.1, -0.05) is 0 Å². The Labute approximate surface area is 92.8 Å². The minimum atomic E-state index is -0.0203. The maximum absolute atomic E-state index is 9.08. The normalized spacial score (nSPS) is 20.9. The second-order valence-corrected chi connectivity index (χ2v) is 5.37. The number of ether oxygens (including phenoxy) is 1. The molecule has 0 aliphatic carbocycles. The van der Waals surface area contributed by atoms with Crippen molar-refractivity contribution in [1.82, 2.24) is 5.32 Å². The van der Waals surface area contributed by atoms with Crippen molar-refractivity contribution in [1.29, 1.82) is 5.26 Å². The molecule has 1 aliphatic rings. The van der Waals surface area contributed by atoms with Crippen LogP contribution in [0.3, 0.4) is 0 Å². The third kappa shape index (κ3) is 5.15. The van der Waals surface area contributed by atoms with Crippen molar-refractivity contribution < 1.29 is 4.74 Å². The van der Waals surface area contributed by atoms with Crippen molar-refractivity contribution in [2.24, 2.45) is 5.92 Å². The van der Waals surface area contributed by atoms with Gasteiger partial charge in [0.15, 0.2) is 0 Å². The Morgan fingerprint density at radius 1 is 1.40 bits per heavy atom. The molecule has 1 unspecified atom stereocenters. The number of hydrogen-bond acceptors (Lipinski definition) is 3. The Bertz CT molecular complexity index is 221. The molecule has 1 aliphatic heterocycles. The zero-order chi connectivity index (χ0) is 11.3. The van der Waals surface area contributed by atoms with Crippen LogP contribution >= 0.6 is 0 Å². The first-order chi connectivity index (χ1) is 7.01. The van der Waals surface area contributed by atoms with Crippen molar-refractivity contribution in [2.75, 3.05) is 13.2 Å². The molecule has 1 N–H and O–H groups in total. The first kappa shape index (κ1) is 12.5. The average Bonchev–Trinajstić information content (AvgIpc) is 2.16. The molecule has 86 valence electrons. The number of nitrogens with zero attached hydrogens (tertiary/aromatic N) is 1. The van der Waals surface area contributed by atoms with Gasteiger partial charge in [0.2, 0.25) is 0 Å². The maximum Gasteiger partial charge on any atom is 0.0959 e. The van der Waals surface area contributed by atoms with E-state index in [4.69, 9.17) is 10.00 Å². The van der Waals surface area contributed by atoms with Gasteiger partial charge < -0.3 is 4.74 Å². The maximum atomic E-state index is 9.08. The fraction of sp³-hybridized carbons (Fsp3) is 0.917. The average molecular weight is 210 g/mol. The number of rotatable bonds is 3. The van der Waals surface area contributed by atoms with Gasteiger partial charge >= 0.3 is 0 Å². The van der Waals surface area contributed by atoms with E-state index < -0.39 is 0 Å². The van der Waals surface area contributed by atoms with Crippen LogP contribution in [0, 0.1) is 17.2 Å². The van der Waals surface area contributed by atoms with Gasteiger partial charge in [0.1, 0.15) is 0 Å².